The number of rotatable bonds is 5. The number of carbonyl (C=O) groups excluding carboxylic acids is 1. The molecule has 2 aromatic carbocycles. The monoisotopic (exact) mass is 281 g/mol. The van der Waals surface area contributed by atoms with Gasteiger partial charge in [0.25, 0.3) is 0 Å². The van der Waals surface area contributed by atoms with E-state index < -0.39 is 0 Å². The fourth-order valence-corrected chi connectivity index (χ4v) is 2.69. The van der Waals surface area contributed by atoms with Gasteiger partial charge in [0.05, 0.1) is 19.0 Å². The Labute approximate surface area is 125 Å². The first kappa shape index (κ1) is 13.8. The summed E-state index contributed by atoms with van der Waals surface area (Å²) in [7, 11) is 0. The van der Waals surface area contributed by atoms with Gasteiger partial charge in [0.2, 0.25) is 0 Å². The molecule has 2 aromatic rings. The first-order chi connectivity index (χ1) is 10.3. The van der Waals surface area contributed by atoms with Gasteiger partial charge < -0.3 is 4.84 Å². The van der Waals surface area contributed by atoms with E-state index in [0.29, 0.717) is 13.0 Å². The zero-order chi connectivity index (χ0) is 14.5. The Morgan fingerprint density at radius 2 is 1.57 bits per heavy atom. The van der Waals surface area contributed by atoms with Gasteiger partial charge in [-0.05, 0) is 24.0 Å². The van der Waals surface area contributed by atoms with Gasteiger partial charge in [-0.25, -0.2) is 0 Å². The van der Waals surface area contributed by atoms with Crippen LogP contribution in [0.3, 0.4) is 0 Å². The van der Waals surface area contributed by atoms with Crippen molar-refractivity contribution in [1.29, 1.82) is 0 Å². The molecule has 0 saturated carbocycles. The molecular formula is C18H19NO2. The number of hydroxylamine groups is 2. The van der Waals surface area contributed by atoms with Crippen LogP contribution in [0.15, 0.2) is 60.7 Å². The zero-order valence-electron chi connectivity index (χ0n) is 11.9. The van der Waals surface area contributed by atoms with Crippen molar-refractivity contribution in [2.75, 3.05) is 0 Å². The molecule has 1 aliphatic rings. The number of benzene rings is 2. The Balaban J connectivity index is 1.61. The number of aryl methyl sites for hydroxylation is 1. The van der Waals surface area contributed by atoms with Crippen LogP contribution in [-0.4, -0.2) is 17.1 Å². The van der Waals surface area contributed by atoms with Crippen molar-refractivity contribution in [2.24, 2.45) is 0 Å². The zero-order valence-corrected chi connectivity index (χ0v) is 11.9. The van der Waals surface area contributed by atoms with Crippen molar-refractivity contribution in [3.8, 4) is 0 Å². The van der Waals surface area contributed by atoms with Crippen molar-refractivity contribution in [2.45, 2.75) is 31.8 Å². The third kappa shape index (κ3) is 3.70. The summed E-state index contributed by atoms with van der Waals surface area (Å²) in [4.78, 5) is 17.0. The number of nitrogens with zero attached hydrogens (tertiary/aromatic N) is 1. The van der Waals surface area contributed by atoms with E-state index in [1.54, 1.807) is 0 Å². The standard InChI is InChI=1S/C18H19NO2/c20-18-13-17(12-11-15-7-3-1-4-8-15)19(21-18)14-16-9-5-2-6-10-16/h1-10,17H,11-14H2/t17-/m1/s1. The average Bonchev–Trinajstić information content (AvgIpc) is 2.87. The first-order valence-corrected chi connectivity index (χ1v) is 7.36. The molecule has 1 atom stereocenters. The van der Waals surface area contributed by atoms with Crippen molar-refractivity contribution in [1.82, 2.24) is 5.06 Å². The molecule has 3 heteroatoms. The maximum absolute atomic E-state index is 11.6. The maximum atomic E-state index is 11.6. The maximum Gasteiger partial charge on any atom is 0.326 e. The SMILES string of the molecule is O=C1C[C@@H](CCc2ccccc2)N(Cc2ccccc2)O1. The second-order valence-corrected chi connectivity index (χ2v) is 5.41. The van der Waals surface area contributed by atoms with Gasteiger partial charge in [0.15, 0.2) is 0 Å². The Hall–Kier alpha value is -2.13. The summed E-state index contributed by atoms with van der Waals surface area (Å²) in [6.45, 7) is 0.659. The van der Waals surface area contributed by atoms with E-state index in [2.05, 4.69) is 24.3 Å². The summed E-state index contributed by atoms with van der Waals surface area (Å²) < 4.78 is 0. The van der Waals surface area contributed by atoms with Crippen LogP contribution in [0.5, 0.6) is 0 Å². The number of hydrogen-bond acceptors (Lipinski definition) is 3. The van der Waals surface area contributed by atoms with Gasteiger partial charge in [0.1, 0.15) is 0 Å². The lowest BCUT2D eigenvalue weighted by Crippen LogP contribution is -2.28. The van der Waals surface area contributed by atoms with Crippen LogP contribution < -0.4 is 0 Å². The molecular weight excluding hydrogens is 262 g/mol. The third-order valence-corrected chi connectivity index (χ3v) is 3.82. The van der Waals surface area contributed by atoms with Crippen molar-refractivity contribution in [3.63, 3.8) is 0 Å². The Morgan fingerprint density at radius 1 is 0.952 bits per heavy atom. The molecule has 1 fully saturated rings. The minimum absolute atomic E-state index is 0.121. The predicted octanol–water partition coefficient (Wildman–Crippen LogP) is 3.35. The Kier molecular flexibility index (Phi) is 4.31. The van der Waals surface area contributed by atoms with E-state index in [9.17, 15) is 4.79 Å². The largest absolute Gasteiger partial charge is 0.367 e. The first-order valence-electron chi connectivity index (χ1n) is 7.36. The Morgan fingerprint density at radius 3 is 2.24 bits per heavy atom. The quantitative estimate of drug-likeness (QED) is 0.841. The van der Waals surface area contributed by atoms with Crippen molar-refractivity contribution >= 4 is 5.97 Å². The average molecular weight is 281 g/mol. The summed E-state index contributed by atoms with van der Waals surface area (Å²) in [6, 6.07) is 20.6. The summed E-state index contributed by atoms with van der Waals surface area (Å²) in [5.74, 6) is -0.121. The van der Waals surface area contributed by atoms with Crippen LogP contribution in [0.25, 0.3) is 0 Å². The molecule has 3 rings (SSSR count). The molecule has 108 valence electrons. The number of hydrogen-bond donors (Lipinski definition) is 0. The van der Waals surface area contributed by atoms with Crippen molar-refractivity contribution in [3.05, 3.63) is 71.8 Å². The minimum atomic E-state index is -0.121. The molecule has 0 N–H and O–H groups in total. The van der Waals surface area contributed by atoms with Gasteiger partial charge in [-0.3, -0.25) is 4.79 Å². The van der Waals surface area contributed by atoms with E-state index >= 15 is 0 Å². The van der Waals surface area contributed by atoms with E-state index in [1.165, 1.54) is 5.56 Å². The molecule has 0 aliphatic carbocycles. The molecule has 1 heterocycles. The van der Waals surface area contributed by atoms with Gasteiger partial charge in [-0.2, -0.15) is 0 Å². The molecule has 0 unspecified atom stereocenters. The lowest BCUT2D eigenvalue weighted by atomic mass is 10.0. The molecule has 1 saturated heterocycles. The Bertz CT molecular complexity index is 583. The summed E-state index contributed by atoms with van der Waals surface area (Å²) in [6.07, 6.45) is 2.38. The van der Waals surface area contributed by atoms with Gasteiger partial charge in [-0.1, -0.05) is 60.7 Å². The summed E-state index contributed by atoms with van der Waals surface area (Å²) >= 11 is 0. The lowest BCUT2D eigenvalue weighted by Gasteiger charge is -2.21. The van der Waals surface area contributed by atoms with E-state index in [-0.39, 0.29) is 12.0 Å². The van der Waals surface area contributed by atoms with E-state index in [4.69, 9.17) is 4.84 Å². The molecule has 3 nitrogen and oxygen atoms in total. The van der Waals surface area contributed by atoms with Gasteiger partial charge in [0, 0.05) is 0 Å². The third-order valence-electron chi connectivity index (χ3n) is 3.82. The summed E-state index contributed by atoms with van der Waals surface area (Å²) in [5.41, 5.74) is 2.47. The van der Waals surface area contributed by atoms with Crippen LogP contribution in [0.1, 0.15) is 24.0 Å². The van der Waals surface area contributed by atoms with Crippen molar-refractivity contribution < 1.29 is 9.63 Å². The highest BCUT2D eigenvalue weighted by molar-refractivity contribution is 5.71. The lowest BCUT2D eigenvalue weighted by molar-refractivity contribution is -0.178. The summed E-state index contributed by atoms with van der Waals surface area (Å²) in [5, 5.41) is 1.83. The predicted molar refractivity (Wildman–Crippen MR) is 81.2 cm³/mol. The van der Waals surface area contributed by atoms with E-state index in [0.717, 1.165) is 18.4 Å². The molecule has 0 radical (unpaired) electrons. The van der Waals surface area contributed by atoms with E-state index in [1.807, 2.05) is 41.5 Å². The molecule has 0 aromatic heterocycles. The fraction of sp³-hybridized carbons (Fsp3) is 0.278. The fourth-order valence-electron chi connectivity index (χ4n) is 2.69. The second-order valence-electron chi connectivity index (χ2n) is 5.41. The molecule has 1 aliphatic heterocycles. The van der Waals surface area contributed by atoms with Crippen LogP contribution in [0.4, 0.5) is 0 Å². The molecule has 0 spiro atoms. The smallest absolute Gasteiger partial charge is 0.326 e. The highest BCUT2D eigenvalue weighted by atomic mass is 16.7. The normalized spacial score (nSPS) is 18.7. The van der Waals surface area contributed by atoms with Crippen LogP contribution >= 0.6 is 0 Å². The topological polar surface area (TPSA) is 29.5 Å². The highest BCUT2D eigenvalue weighted by Gasteiger charge is 2.32. The second kappa shape index (κ2) is 6.55. The highest BCUT2D eigenvalue weighted by Crippen LogP contribution is 2.23. The van der Waals surface area contributed by atoms with Crippen LogP contribution in [0.2, 0.25) is 0 Å². The molecule has 21 heavy (non-hydrogen) atoms. The number of carbonyl (C=O) groups is 1. The molecule has 0 bridgehead atoms. The molecule has 0 amide bonds. The minimum Gasteiger partial charge on any atom is -0.367 e. The van der Waals surface area contributed by atoms with Gasteiger partial charge in [-0.15, -0.1) is 5.06 Å². The van der Waals surface area contributed by atoms with Gasteiger partial charge >= 0.3 is 5.97 Å². The van der Waals surface area contributed by atoms with Crippen LogP contribution in [0, 0.1) is 0 Å². The van der Waals surface area contributed by atoms with Crippen LogP contribution in [-0.2, 0) is 22.6 Å².